The third kappa shape index (κ3) is 2.77. The second-order valence-corrected chi connectivity index (χ2v) is 4.22. The molecule has 1 unspecified atom stereocenters. The minimum Gasteiger partial charge on any atom is -0.480 e. The lowest BCUT2D eigenvalue weighted by Crippen LogP contribution is -2.16. The topological polar surface area (TPSA) is 55.1 Å². The van der Waals surface area contributed by atoms with Gasteiger partial charge in [0.15, 0.2) is 5.16 Å². The maximum Gasteiger partial charge on any atom is 0.317 e. The summed E-state index contributed by atoms with van der Waals surface area (Å²) in [5, 5.41) is 9.30. The fraction of sp³-hybridized carbons (Fsp3) is 0.556. The second kappa shape index (κ2) is 5.05. The van der Waals surface area contributed by atoms with Gasteiger partial charge in [0.05, 0.1) is 0 Å². The van der Waals surface area contributed by atoms with Crippen molar-refractivity contribution in [3.05, 3.63) is 12.4 Å². The standard InChI is InChI=1S/C9H14N2O2S/c1-3-4-7(8(12)13)14-9-10-5-6-11(9)2/h5-7H,3-4H2,1-2H3,(H,12,13). The van der Waals surface area contributed by atoms with Gasteiger partial charge in [-0.25, -0.2) is 4.98 Å². The van der Waals surface area contributed by atoms with Gasteiger partial charge in [0, 0.05) is 19.4 Å². The molecule has 4 nitrogen and oxygen atoms in total. The van der Waals surface area contributed by atoms with Crippen molar-refractivity contribution in [2.45, 2.75) is 30.2 Å². The first-order valence-electron chi connectivity index (χ1n) is 4.52. The van der Waals surface area contributed by atoms with Crippen molar-refractivity contribution in [2.75, 3.05) is 0 Å². The lowest BCUT2D eigenvalue weighted by Gasteiger charge is -2.09. The van der Waals surface area contributed by atoms with Crippen molar-refractivity contribution in [1.82, 2.24) is 9.55 Å². The number of carboxylic acids is 1. The van der Waals surface area contributed by atoms with E-state index in [9.17, 15) is 4.79 Å². The van der Waals surface area contributed by atoms with Crippen LogP contribution in [-0.2, 0) is 11.8 Å². The summed E-state index contributed by atoms with van der Waals surface area (Å²) in [5.41, 5.74) is 0. The van der Waals surface area contributed by atoms with Crippen LogP contribution >= 0.6 is 11.8 Å². The van der Waals surface area contributed by atoms with Gasteiger partial charge >= 0.3 is 5.97 Å². The van der Waals surface area contributed by atoms with Crippen LogP contribution in [-0.4, -0.2) is 25.9 Å². The SMILES string of the molecule is CCCC(Sc1nccn1C)C(=O)O. The number of hydrogen-bond acceptors (Lipinski definition) is 3. The molecule has 1 aromatic heterocycles. The van der Waals surface area contributed by atoms with Crippen molar-refractivity contribution in [3.63, 3.8) is 0 Å². The molecule has 0 spiro atoms. The van der Waals surface area contributed by atoms with Gasteiger partial charge in [-0.3, -0.25) is 4.79 Å². The van der Waals surface area contributed by atoms with Gasteiger partial charge in [-0.15, -0.1) is 0 Å². The average molecular weight is 214 g/mol. The summed E-state index contributed by atoms with van der Waals surface area (Å²) in [6.45, 7) is 1.98. The third-order valence-electron chi connectivity index (χ3n) is 1.85. The van der Waals surface area contributed by atoms with Gasteiger partial charge in [-0.2, -0.15) is 0 Å². The number of imidazole rings is 1. The molecule has 0 saturated heterocycles. The molecule has 0 aliphatic heterocycles. The van der Waals surface area contributed by atoms with Crippen molar-refractivity contribution in [2.24, 2.45) is 7.05 Å². The first kappa shape index (κ1) is 11.1. The van der Waals surface area contributed by atoms with Crippen LogP contribution in [0.4, 0.5) is 0 Å². The highest BCUT2D eigenvalue weighted by Gasteiger charge is 2.19. The van der Waals surface area contributed by atoms with Crippen molar-refractivity contribution < 1.29 is 9.90 Å². The van der Waals surface area contributed by atoms with Crippen LogP contribution in [0.5, 0.6) is 0 Å². The van der Waals surface area contributed by atoms with Gasteiger partial charge in [0.25, 0.3) is 0 Å². The zero-order chi connectivity index (χ0) is 10.6. The van der Waals surface area contributed by atoms with Crippen molar-refractivity contribution in [3.8, 4) is 0 Å². The number of aliphatic carboxylic acids is 1. The molecule has 0 bridgehead atoms. The Bertz CT molecular complexity index is 312. The molecule has 0 fully saturated rings. The van der Waals surface area contributed by atoms with Crippen LogP contribution in [0, 0.1) is 0 Å². The summed E-state index contributed by atoms with van der Waals surface area (Å²) < 4.78 is 1.83. The Kier molecular flexibility index (Phi) is 4.00. The van der Waals surface area contributed by atoms with Crippen LogP contribution in [0.25, 0.3) is 0 Å². The molecule has 78 valence electrons. The van der Waals surface area contributed by atoms with Crippen LogP contribution < -0.4 is 0 Å². The quantitative estimate of drug-likeness (QED) is 0.759. The summed E-state index contributed by atoms with van der Waals surface area (Å²) in [4.78, 5) is 15.0. The molecule has 1 heterocycles. The van der Waals surface area contributed by atoms with E-state index >= 15 is 0 Å². The third-order valence-corrected chi connectivity index (χ3v) is 3.18. The minimum absolute atomic E-state index is 0.388. The predicted octanol–water partition coefficient (Wildman–Crippen LogP) is 1.77. The number of carboxylic acid groups (broad SMARTS) is 1. The molecule has 1 rings (SSSR count). The van der Waals surface area contributed by atoms with Gasteiger partial charge in [0.2, 0.25) is 0 Å². The minimum atomic E-state index is -0.764. The average Bonchev–Trinajstić information content (AvgIpc) is 2.51. The lowest BCUT2D eigenvalue weighted by molar-refractivity contribution is -0.136. The number of nitrogens with zero attached hydrogens (tertiary/aromatic N) is 2. The van der Waals surface area contributed by atoms with E-state index in [0.29, 0.717) is 6.42 Å². The summed E-state index contributed by atoms with van der Waals surface area (Å²) >= 11 is 1.31. The van der Waals surface area contributed by atoms with E-state index in [2.05, 4.69) is 4.98 Å². The first-order valence-corrected chi connectivity index (χ1v) is 5.40. The molecule has 1 atom stereocenters. The van der Waals surface area contributed by atoms with E-state index in [1.165, 1.54) is 11.8 Å². The van der Waals surface area contributed by atoms with Crippen molar-refractivity contribution in [1.29, 1.82) is 0 Å². The molecular weight excluding hydrogens is 200 g/mol. The van der Waals surface area contributed by atoms with Crippen LogP contribution in [0.15, 0.2) is 17.6 Å². The Morgan fingerprint density at radius 3 is 2.93 bits per heavy atom. The zero-order valence-electron chi connectivity index (χ0n) is 8.30. The lowest BCUT2D eigenvalue weighted by atomic mass is 10.2. The number of aromatic nitrogens is 2. The van der Waals surface area contributed by atoms with E-state index in [0.717, 1.165) is 11.6 Å². The summed E-state index contributed by atoms with van der Waals surface area (Å²) in [5.74, 6) is -0.764. The Morgan fingerprint density at radius 1 is 1.79 bits per heavy atom. The smallest absolute Gasteiger partial charge is 0.317 e. The zero-order valence-corrected chi connectivity index (χ0v) is 9.12. The van der Waals surface area contributed by atoms with E-state index in [4.69, 9.17) is 5.11 Å². The Morgan fingerprint density at radius 2 is 2.50 bits per heavy atom. The number of carbonyl (C=O) groups is 1. The highest BCUT2D eigenvalue weighted by Crippen LogP contribution is 2.24. The summed E-state index contributed by atoms with van der Waals surface area (Å²) in [6.07, 6.45) is 5.03. The van der Waals surface area contributed by atoms with E-state index in [-0.39, 0.29) is 5.25 Å². The fourth-order valence-corrected chi connectivity index (χ4v) is 2.15. The largest absolute Gasteiger partial charge is 0.480 e. The van der Waals surface area contributed by atoms with Gasteiger partial charge in [0.1, 0.15) is 5.25 Å². The highest BCUT2D eigenvalue weighted by atomic mass is 32.2. The summed E-state index contributed by atoms with van der Waals surface area (Å²) in [7, 11) is 1.86. The van der Waals surface area contributed by atoms with Crippen LogP contribution in [0.1, 0.15) is 19.8 Å². The first-order chi connectivity index (χ1) is 6.65. The number of rotatable bonds is 5. The number of hydrogen-bond donors (Lipinski definition) is 1. The van der Waals surface area contributed by atoms with Crippen LogP contribution in [0.2, 0.25) is 0 Å². The second-order valence-electron chi connectivity index (χ2n) is 3.05. The Hall–Kier alpha value is -0.970. The highest BCUT2D eigenvalue weighted by molar-refractivity contribution is 8.00. The van der Waals surface area contributed by atoms with E-state index in [1.807, 2.05) is 24.7 Å². The molecule has 0 radical (unpaired) electrons. The predicted molar refractivity (Wildman–Crippen MR) is 55.4 cm³/mol. The number of thioether (sulfide) groups is 1. The Balaban J connectivity index is 2.64. The molecule has 1 N–H and O–H groups in total. The molecule has 0 aromatic carbocycles. The van der Waals surface area contributed by atoms with E-state index < -0.39 is 5.97 Å². The Labute approximate surface area is 87.3 Å². The van der Waals surface area contributed by atoms with Crippen LogP contribution in [0.3, 0.4) is 0 Å². The summed E-state index contributed by atoms with van der Waals surface area (Å²) in [6, 6.07) is 0. The molecule has 5 heteroatoms. The monoisotopic (exact) mass is 214 g/mol. The molecule has 0 aliphatic rings. The molecule has 1 aromatic rings. The fourth-order valence-electron chi connectivity index (χ4n) is 1.09. The normalized spacial score (nSPS) is 12.7. The number of aryl methyl sites for hydroxylation is 1. The maximum absolute atomic E-state index is 10.9. The maximum atomic E-state index is 10.9. The molecule has 0 aliphatic carbocycles. The van der Waals surface area contributed by atoms with Crippen molar-refractivity contribution >= 4 is 17.7 Å². The van der Waals surface area contributed by atoms with Gasteiger partial charge < -0.3 is 9.67 Å². The van der Waals surface area contributed by atoms with Gasteiger partial charge in [-0.05, 0) is 6.42 Å². The van der Waals surface area contributed by atoms with E-state index in [1.54, 1.807) is 6.20 Å². The molecule has 14 heavy (non-hydrogen) atoms. The molecular formula is C9H14N2O2S. The van der Waals surface area contributed by atoms with Gasteiger partial charge in [-0.1, -0.05) is 25.1 Å². The molecule has 0 saturated carbocycles. The molecule has 0 amide bonds.